The van der Waals surface area contributed by atoms with Gasteiger partial charge in [0.05, 0.1) is 13.3 Å². The van der Waals surface area contributed by atoms with E-state index < -0.39 is 5.91 Å². The Morgan fingerprint density at radius 2 is 2.42 bits per heavy atom. The zero-order valence-corrected chi connectivity index (χ0v) is 6.44. The molecule has 0 spiro atoms. The normalized spacial score (nSPS) is 9.42. The Balaban J connectivity index is 3.12. The molecule has 1 aromatic heterocycles. The van der Waals surface area contributed by atoms with Gasteiger partial charge in [-0.2, -0.15) is 0 Å². The first kappa shape index (κ1) is 8.32. The van der Waals surface area contributed by atoms with E-state index in [1.165, 1.54) is 19.4 Å². The second-order valence-corrected chi connectivity index (χ2v) is 2.11. The number of nitrogens with zero attached hydrogens (tertiary/aromatic N) is 1. The standard InChI is InChI=1S/C7H8N2O3/c1-12-4-2-5(10)6(7(8)11)9-3-4/h2-3,10H,1H3,(H2,8,11). The van der Waals surface area contributed by atoms with Crippen LogP contribution in [0, 0.1) is 0 Å². The predicted molar refractivity (Wildman–Crippen MR) is 41.0 cm³/mol. The molecule has 0 aliphatic heterocycles. The number of primary amides is 1. The van der Waals surface area contributed by atoms with Crippen LogP contribution >= 0.6 is 0 Å². The molecule has 0 unspecified atom stereocenters. The zero-order chi connectivity index (χ0) is 9.14. The highest BCUT2D eigenvalue weighted by Gasteiger charge is 2.09. The van der Waals surface area contributed by atoms with Crippen LogP contribution in [0.1, 0.15) is 10.5 Å². The molecular weight excluding hydrogens is 160 g/mol. The van der Waals surface area contributed by atoms with Crippen LogP contribution in [-0.4, -0.2) is 23.1 Å². The van der Waals surface area contributed by atoms with Crippen molar-refractivity contribution >= 4 is 5.91 Å². The molecule has 0 saturated carbocycles. The number of carbonyl (C=O) groups is 1. The Morgan fingerprint density at radius 3 is 2.83 bits per heavy atom. The number of methoxy groups -OCH3 is 1. The molecule has 12 heavy (non-hydrogen) atoms. The van der Waals surface area contributed by atoms with E-state index in [1.807, 2.05) is 0 Å². The van der Waals surface area contributed by atoms with Gasteiger partial charge in [0.1, 0.15) is 5.75 Å². The van der Waals surface area contributed by atoms with Crippen LogP contribution in [0.3, 0.4) is 0 Å². The number of hydrogen-bond acceptors (Lipinski definition) is 4. The number of aromatic nitrogens is 1. The molecule has 0 atom stereocenters. The molecule has 0 saturated heterocycles. The Bertz CT molecular complexity index is 312. The predicted octanol–water partition coefficient (Wildman–Crippen LogP) is -0.105. The minimum atomic E-state index is -0.768. The van der Waals surface area contributed by atoms with Gasteiger partial charge < -0.3 is 15.6 Å². The molecule has 1 aromatic rings. The lowest BCUT2D eigenvalue weighted by atomic mass is 10.3. The van der Waals surface area contributed by atoms with E-state index in [0.29, 0.717) is 5.75 Å². The first-order valence-corrected chi connectivity index (χ1v) is 3.18. The van der Waals surface area contributed by atoms with E-state index >= 15 is 0 Å². The summed E-state index contributed by atoms with van der Waals surface area (Å²) in [5.41, 5.74) is 4.75. The summed E-state index contributed by atoms with van der Waals surface area (Å²) in [5.74, 6) is -0.672. The summed E-state index contributed by atoms with van der Waals surface area (Å²) in [5, 5.41) is 9.15. The van der Waals surface area contributed by atoms with E-state index in [0.717, 1.165) is 0 Å². The number of ether oxygens (including phenoxy) is 1. The minimum Gasteiger partial charge on any atom is -0.505 e. The van der Waals surface area contributed by atoms with Crippen molar-refractivity contribution in [2.24, 2.45) is 5.73 Å². The lowest BCUT2D eigenvalue weighted by Crippen LogP contribution is -2.13. The molecular formula is C7H8N2O3. The van der Waals surface area contributed by atoms with Crippen molar-refractivity contribution in [3.63, 3.8) is 0 Å². The SMILES string of the molecule is COc1cnc(C(N)=O)c(O)c1. The lowest BCUT2D eigenvalue weighted by molar-refractivity contribution is 0.0992. The quantitative estimate of drug-likeness (QED) is 0.645. The third-order valence-corrected chi connectivity index (χ3v) is 1.31. The summed E-state index contributed by atoms with van der Waals surface area (Å²) in [6.45, 7) is 0. The Labute approximate surface area is 68.8 Å². The monoisotopic (exact) mass is 168 g/mol. The van der Waals surface area contributed by atoms with Crippen LogP contribution in [0.15, 0.2) is 12.3 Å². The largest absolute Gasteiger partial charge is 0.505 e. The maximum atomic E-state index is 10.6. The molecule has 0 aliphatic rings. The number of carbonyl (C=O) groups excluding carboxylic acids is 1. The highest BCUT2D eigenvalue weighted by Crippen LogP contribution is 2.19. The van der Waals surface area contributed by atoms with Gasteiger partial charge in [-0.1, -0.05) is 0 Å². The van der Waals surface area contributed by atoms with Crippen LogP contribution in [0.2, 0.25) is 0 Å². The van der Waals surface area contributed by atoms with E-state index in [1.54, 1.807) is 0 Å². The summed E-state index contributed by atoms with van der Waals surface area (Å²) in [6.07, 6.45) is 1.31. The molecule has 1 heterocycles. The van der Waals surface area contributed by atoms with Gasteiger partial charge >= 0.3 is 0 Å². The summed E-state index contributed by atoms with van der Waals surface area (Å²) < 4.78 is 4.76. The second-order valence-electron chi connectivity index (χ2n) is 2.11. The summed E-state index contributed by atoms with van der Waals surface area (Å²) in [6, 6.07) is 1.27. The van der Waals surface area contributed by atoms with Gasteiger partial charge in [-0.05, 0) is 0 Å². The van der Waals surface area contributed by atoms with Gasteiger partial charge in [0.15, 0.2) is 11.4 Å². The van der Waals surface area contributed by atoms with Crippen LogP contribution in [0.25, 0.3) is 0 Å². The van der Waals surface area contributed by atoms with E-state index in [2.05, 4.69) is 4.98 Å². The Kier molecular flexibility index (Phi) is 2.14. The first-order valence-electron chi connectivity index (χ1n) is 3.18. The Hall–Kier alpha value is -1.78. The fourth-order valence-electron chi connectivity index (χ4n) is 0.736. The third kappa shape index (κ3) is 1.45. The van der Waals surface area contributed by atoms with Crippen LogP contribution < -0.4 is 10.5 Å². The number of pyridine rings is 1. The van der Waals surface area contributed by atoms with Crippen molar-refractivity contribution in [2.75, 3.05) is 7.11 Å². The molecule has 1 rings (SSSR count). The van der Waals surface area contributed by atoms with E-state index in [9.17, 15) is 4.79 Å². The van der Waals surface area contributed by atoms with Gasteiger partial charge in [0.25, 0.3) is 5.91 Å². The molecule has 5 heteroatoms. The van der Waals surface area contributed by atoms with Gasteiger partial charge in [-0.3, -0.25) is 4.79 Å². The summed E-state index contributed by atoms with van der Waals surface area (Å²) in [4.78, 5) is 14.2. The number of amides is 1. The molecule has 0 aromatic carbocycles. The highest BCUT2D eigenvalue weighted by molar-refractivity contribution is 5.93. The van der Waals surface area contributed by atoms with Crippen molar-refractivity contribution < 1.29 is 14.6 Å². The first-order chi connectivity index (χ1) is 5.65. The van der Waals surface area contributed by atoms with Gasteiger partial charge in [-0.25, -0.2) is 4.98 Å². The van der Waals surface area contributed by atoms with E-state index in [4.69, 9.17) is 15.6 Å². The highest BCUT2D eigenvalue weighted by atomic mass is 16.5. The molecule has 0 radical (unpaired) electrons. The third-order valence-electron chi connectivity index (χ3n) is 1.31. The smallest absolute Gasteiger partial charge is 0.271 e. The second kappa shape index (κ2) is 3.08. The number of rotatable bonds is 2. The van der Waals surface area contributed by atoms with Crippen molar-refractivity contribution in [1.82, 2.24) is 4.98 Å². The van der Waals surface area contributed by atoms with Crippen LogP contribution in [0.4, 0.5) is 0 Å². The average molecular weight is 168 g/mol. The van der Waals surface area contributed by atoms with Gasteiger partial charge in [0.2, 0.25) is 0 Å². The van der Waals surface area contributed by atoms with Crippen LogP contribution in [0.5, 0.6) is 11.5 Å². The van der Waals surface area contributed by atoms with E-state index in [-0.39, 0.29) is 11.4 Å². The molecule has 1 amide bonds. The van der Waals surface area contributed by atoms with Crippen molar-refractivity contribution in [1.29, 1.82) is 0 Å². The molecule has 0 aliphatic carbocycles. The summed E-state index contributed by atoms with van der Waals surface area (Å²) in [7, 11) is 1.43. The molecule has 5 nitrogen and oxygen atoms in total. The number of aromatic hydroxyl groups is 1. The topological polar surface area (TPSA) is 85.4 Å². The number of hydrogen-bond donors (Lipinski definition) is 2. The summed E-state index contributed by atoms with van der Waals surface area (Å²) >= 11 is 0. The maximum Gasteiger partial charge on any atom is 0.271 e. The maximum absolute atomic E-state index is 10.6. The minimum absolute atomic E-state index is 0.157. The van der Waals surface area contributed by atoms with Crippen molar-refractivity contribution in [2.45, 2.75) is 0 Å². The van der Waals surface area contributed by atoms with Gasteiger partial charge in [0, 0.05) is 6.07 Å². The average Bonchev–Trinajstić information content (AvgIpc) is 2.03. The molecule has 64 valence electrons. The molecule has 0 fully saturated rings. The fraction of sp³-hybridized carbons (Fsp3) is 0.143. The fourth-order valence-corrected chi connectivity index (χ4v) is 0.736. The molecule has 0 bridgehead atoms. The number of nitrogens with two attached hydrogens (primary N) is 1. The lowest BCUT2D eigenvalue weighted by Gasteiger charge is -2.01. The van der Waals surface area contributed by atoms with Crippen molar-refractivity contribution in [3.8, 4) is 11.5 Å². The van der Waals surface area contributed by atoms with Crippen LogP contribution in [-0.2, 0) is 0 Å². The zero-order valence-electron chi connectivity index (χ0n) is 6.44. The van der Waals surface area contributed by atoms with Crippen molar-refractivity contribution in [3.05, 3.63) is 18.0 Å². The van der Waals surface area contributed by atoms with Gasteiger partial charge in [-0.15, -0.1) is 0 Å². The molecule has 3 N–H and O–H groups in total. The Morgan fingerprint density at radius 1 is 1.75 bits per heavy atom.